The van der Waals surface area contributed by atoms with Gasteiger partial charge in [0, 0.05) is 12.7 Å². The van der Waals surface area contributed by atoms with Crippen molar-refractivity contribution in [3.05, 3.63) is 24.3 Å². The molecule has 1 aromatic rings. The molecule has 0 unspecified atom stereocenters. The number of anilines is 1. The molecule has 1 rings (SSSR count). The van der Waals surface area contributed by atoms with Crippen molar-refractivity contribution in [1.82, 2.24) is 5.32 Å². The summed E-state index contributed by atoms with van der Waals surface area (Å²) in [6.07, 6.45) is 0. The average molecular weight is 160 g/mol. The van der Waals surface area contributed by atoms with E-state index in [0.29, 0.717) is 11.2 Å². The summed E-state index contributed by atoms with van der Waals surface area (Å²) in [5, 5.41) is 5.04. The summed E-state index contributed by atoms with van der Waals surface area (Å²) in [5.74, 6) is 0. The summed E-state index contributed by atoms with van der Waals surface area (Å²) in [6.45, 7) is 0. The minimum absolute atomic E-state index is 0.249. The zero-order valence-corrected chi connectivity index (χ0v) is 6.79. The van der Waals surface area contributed by atoms with Gasteiger partial charge >= 0.3 is 6.03 Å². The van der Waals surface area contributed by atoms with E-state index in [1.165, 1.54) is 0 Å². The maximum Gasteiger partial charge on any atom is 0.318 e. The Labute approximate surface area is 72.6 Å². The van der Waals surface area contributed by atoms with Crippen LogP contribution in [0.25, 0.3) is 0 Å². The van der Waals surface area contributed by atoms with E-state index in [9.17, 15) is 4.79 Å². The Hall–Kier alpha value is -1.45. The van der Waals surface area contributed by atoms with E-state index in [4.69, 9.17) is 7.85 Å². The first-order valence-electron chi connectivity index (χ1n) is 3.56. The van der Waals surface area contributed by atoms with Gasteiger partial charge in [0.2, 0.25) is 0 Å². The van der Waals surface area contributed by atoms with Crippen LogP contribution >= 0.6 is 0 Å². The van der Waals surface area contributed by atoms with Gasteiger partial charge in [-0.25, -0.2) is 4.79 Å². The summed E-state index contributed by atoms with van der Waals surface area (Å²) in [4.78, 5) is 10.8. The fourth-order valence-corrected chi connectivity index (χ4v) is 0.810. The second kappa shape index (κ2) is 3.81. The predicted octanol–water partition coefficient (Wildman–Crippen LogP) is 0.232. The van der Waals surface area contributed by atoms with Crippen LogP contribution < -0.4 is 16.1 Å². The van der Waals surface area contributed by atoms with Gasteiger partial charge in [0.25, 0.3) is 0 Å². The molecule has 0 aliphatic rings. The van der Waals surface area contributed by atoms with E-state index in [1.807, 2.05) is 0 Å². The normalized spacial score (nSPS) is 9.08. The summed E-state index contributed by atoms with van der Waals surface area (Å²) >= 11 is 0. The highest BCUT2D eigenvalue weighted by Crippen LogP contribution is 2.01. The zero-order valence-electron chi connectivity index (χ0n) is 6.79. The number of carbonyl (C=O) groups excluding carboxylic acids is 1. The van der Waals surface area contributed by atoms with Gasteiger partial charge in [0.05, 0.1) is 0 Å². The maximum absolute atomic E-state index is 10.8. The van der Waals surface area contributed by atoms with Crippen LogP contribution in [0.5, 0.6) is 0 Å². The number of nitrogens with one attached hydrogen (secondary N) is 2. The number of rotatable bonds is 1. The van der Waals surface area contributed by atoms with Crippen molar-refractivity contribution >= 4 is 25.0 Å². The van der Waals surface area contributed by atoms with Gasteiger partial charge < -0.3 is 10.6 Å². The van der Waals surface area contributed by atoms with Crippen LogP contribution in [0.15, 0.2) is 24.3 Å². The maximum atomic E-state index is 10.8. The Morgan fingerprint density at radius 2 is 2.25 bits per heavy atom. The van der Waals surface area contributed by atoms with Crippen LogP contribution in [0.2, 0.25) is 0 Å². The predicted molar refractivity (Wildman–Crippen MR) is 49.9 cm³/mol. The van der Waals surface area contributed by atoms with Crippen LogP contribution in [0.1, 0.15) is 0 Å². The first-order valence-corrected chi connectivity index (χ1v) is 3.56. The lowest BCUT2D eigenvalue weighted by atomic mass is 9.96. The van der Waals surface area contributed by atoms with Crippen molar-refractivity contribution in [3.63, 3.8) is 0 Å². The third-order valence-electron chi connectivity index (χ3n) is 1.37. The molecule has 0 aromatic heterocycles. The Morgan fingerprint density at radius 3 is 2.83 bits per heavy atom. The molecule has 0 fully saturated rings. The van der Waals surface area contributed by atoms with Crippen LogP contribution in [-0.2, 0) is 0 Å². The second-order valence-electron chi connectivity index (χ2n) is 2.33. The Bertz CT molecular complexity index is 288. The summed E-state index contributed by atoms with van der Waals surface area (Å²) in [6, 6.07) is 6.75. The molecule has 0 aliphatic heterocycles. The topological polar surface area (TPSA) is 41.1 Å². The number of amides is 2. The van der Waals surface area contributed by atoms with Gasteiger partial charge in [0.15, 0.2) is 0 Å². The lowest BCUT2D eigenvalue weighted by Gasteiger charge is -2.04. The smallest absolute Gasteiger partial charge is 0.318 e. The Morgan fingerprint density at radius 1 is 1.50 bits per heavy atom. The highest BCUT2D eigenvalue weighted by atomic mass is 16.2. The number of urea groups is 1. The molecule has 60 valence electrons. The standard InChI is InChI=1S/C8H9BN2O/c1-10-8(12)11-7-4-2-3-6(9)5-7/h2-5H,1H3,(H2,10,11,12). The van der Waals surface area contributed by atoms with Crippen molar-refractivity contribution in [2.75, 3.05) is 12.4 Å². The van der Waals surface area contributed by atoms with E-state index in [2.05, 4.69) is 10.6 Å². The fraction of sp³-hybridized carbons (Fsp3) is 0.125. The molecular formula is C8H9BN2O. The minimum atomic E-state index is -0.249. The van der Waals surface area contributed by atoms with Gasteiger partial charge in [-0.1, -0.05) is 17.6 Å². The van der Waals surface area contributed by atoms with Crippen LogP contribution in [0, 0.1) is 0 Å². The fourth-order valence-electron chi connectivity index (χ4n) is 0.810. The molecular weight excluding hydrogens is 151 g/mol. The summed E-state index contributed by atoms with van der Waals surface area (Å²) in [5.41, 5.74) is 1.32. The molecule has 2 N–H and O–H groups in total. The van der Waals surface area contributed by atoms with E-state index in [1.54, 1.807) is 31.3 Å². The number of hydrogen-bond donors (Lipinski definition) is 2. The molecule has 3 nitrogen and oxygen atoms in total. The monoisotopic (exact) mass is 160 g/mol. The van der Waals surface area contributed by atoms with E-state index < -0.39 is 0 Å². The van der Waals surface area contributed by atoms with Gasteiger partial charge in [-0.15, -0.1) is 0 Å². The first-order chi connectivity index (χ1) is 5.72. The summed E-state index contributed by atoms with van der Waals surface area (Å²) < 4.78 is 0. The van der Waals surface area contributed by atoms with Crippen molar-refractivity contribution in [2.45, 2.75) is 0 Å². The second-order valence-corrected chi connectivity index (χ2v) is 2.33. The van der Waals surface area contributed by atoms with Crippen LogP contribution in [0.3, 0.4) is 0 Å². The number of benzene rings is 1. The van der Waals surface area contributed by atoms with E-state index in [0.717, 1.165) is 0 Å². The van der Waals surface area contributed by atoms with Crippen molar-refractivity contribution < 1.29 is 4.79 Å². The highest BCUT2D eigenvalue weighted by molar-refractivity contribution is 6.32. The van der Waals surface area contributed by atoms with Crippen LogP contribution in [0.4, 0.5) is 10.5 Å². The molecule has 2 amide bonds. The summed E-state index contributed by atoms with van der Waals surface area (Å²) in [7, 11) is 7.06. The largest absolute Gasteiger partial charge is 0.341 e. The van der Waals surface area contributed by atoms with Gasteiger partial charge in [-0.2, -0.15) is 0 Å². The van der Waals surface area contributed by atoms with E-state index in [-0.39, 0.29) is 6.03 Å². The van der Waals surface area contributed by atoms with Crippen molar-refractivity contribution in [2.24, 2.45) is 0 Å². The van der Waals surface area contributed by atoms with Gasteiger partial charge in [-0.05, 0) is 12.1 Å². The van der Waals surface area contributed by atoms with Gasteiger partial charge in [0.1, 0.15) is 7.85 Å². The van der Waals surface area contributed by atoms with E-state index >= 15 is 0 Å². The molecule has 4 heteroatoms. The number of carbonyl (C=O) groups is 1. The van der Waals surface area contributed by atoms with Crippen LogP contribution in [-0.4, -0.2) is 20.9 Å². The molecule has 0 spiro atoms. The highest BCUT2D eigenvalue weighted by Gasteiger charge is 1.96. The van der Waals surface area contributed by atoms with Crippen molar-refractivity contribution in [3.8, 4) is 0 Å². The molecule has 1 aromatic carbocycles. The number of hydrogen-bond acceptors (Lipinski definition) is 1. The molecule has 0 saturated heterocycles. The average Bonchev–Trinajstić information content (AvgIpc) is 2.04. The van der Waals surface area contributed by atoms with Crippen molar-refractivity contribution in [1.29, 1.82) is 0 Å². The molecule has 0 atom stereocenters. The third-order valence-corrected chi connectivity index (χ3v) is 1.37. The third kappa shape index (κ3) is 2.30. The molecule has 12 heavy (non-hydrogen) atoms. The molecule has 0 heterocycles. The molecule has 2 radical (unpaired) electrons. The SMILES string of the molecule is [B]c1cccc(NC(=O)NC)c1. The quantitative estimate of drug-likeness (QED) is 0.567. The molecule has 0 saturated carbocycles. The lowest BCUT2D eigenvalue weighted by Crippen LogP contribution is -2.24. The zero-order chi connectivity index (χ0) is 8.97. The first kappa shape index (κ1) is 8.65. The Balaban J connectivity index is 2.69. The van der Waals surface area contributed by atoms with Gasteiger partial charge in [-0.3, -0.25) is 0 Å². The Kier molecular flexibility index (Phi) is 2.74. The lowest BCUT2D eigenvalue weighted by molar-refractivity contribution is 0.254. The minimum Gasteiger partial charge on any atom is -0.341 e. The molecule has 0 aliphatic carbocycles. The molecule has 0 bridgehead atoms.